The van der Waals surface area contributed by atoms with E-state index in [9.17, 15) is 4.79 Å². The minimum Gasteiger partial charge on any atom is -0.492 e. The summed E-state index contributed by atoms with van der Waals surface area (Å²) in [6.45, 7) is 6.59. The molecule has 0 heterocycles. The van der Waals surface area contributed by atoms with Crippen molar-refractivity contribution in [2.45, 2.75) is 20.8 Å². The molecule has 0 aliphatic heterocycles. The smallest absolute Gasteiger partial charge is 0.159 e. The first-order valence-electron chi connectivity index (χ1n) is 7.49. The van der Waals surface area contributed by atoms with Crippen LogP contribution in [0.1, 0.15) is 34.0 Å². The lowest BCUT2D eigenvalue weighted by Gasteiger charge is -2.11. The normalized spacial score (nSPS) is 10.0. The second kappa shape index (κ2) is 7.46. The highest BCUT2D eigenvalue weighted by Gasteiger charge is 2.06. The lowest BCUT2D eigenvalue weighted by Crippen LogP contribution is -2.13. The Kier molecular flexibility index (Phi) is 5.37. The predicted molar refractivity (Wildman–Crippen MR) is 91.1 cm³/mol. The zero-order valence-corrected chi connectivity index (χ0v) is 13.6. The number of rotatable bonds is 6. The lowest BCUT2D eigenvalue weighted by atomic mass is 10.1. The van der Waals surface area contributed by atoms with Crippen LogP contribution in [0.5, 0.6) is 5.75 Å². The Balaban J connectivity index is 1.97. The van der Waals surface area contributed by atoms with Gasteiger partial charge in [0.25, 0.3) is 0 Å². The van der Waals surface area contributed by atoms with E-state index >= 15 is 0 Å². The first-order chi connectivity index (χ1) is 11.0. The minimum absolute atomic E-state index is 0.0241. The molecule has 2 aromatic rings. The van der Waals surface area contributed by atoms with Crippen molar-refractivity contribution < 1.29 is 9.53 Å². The molecule has 0 radical (unpaired) electrons. The van der Waals surface area contributed by atoms with Gasteiger partial charge in [-0.05, 0) is 62.2 Å². The van der Waals surface area contributed by atoms with Crippen LogP contribution in [0.2, 0.25) is 0 Å². The van der Waals surface area contributed by atoms with Crippen LogP contribution in [0.15, 0.2) is 36.4 Å². The average Bonchev–Trinajstić information content (AvgIpc) is 2.50. The Bertz CT molecular complexity index is 740. The number of hydrogen-bond acceptors (Lipinski definition) is 4. The van der Waals surface area contributed by atoms with Gasteiger partial charge in [0.1, 0.15) is 18.4 Å². The summed E-state index contributed by atoms with van der Waals surface area (Å²) in [7, 11) is 0. The highest BCUT2D eigenvalue weighted by Crippen LogP contribution is 2.18. The molecule has 0 amide bonds. The Morgan fingerprint density at radius 3 is 2.48 bits per heavy atom. The number of Topliss-reactive ketones (excluding diaryl/α,β-unsaturated/α-hetero) is 1. The number of ether oxygens (including phenoxy) is 1. The third-order valence-electron chi connectivity index (χ3n) is 3.43. The predicted octanol–water partition coefficient (Wildman–Crippen LogP) is 3.87. The van der Waals surface area contributed by atoms with Gasteiger partial charge in [0.05, 0.1) is 11.3 Å². The molecular formula is C19H20N2O2. The Labute approximate surface area is 136 Å². The molecule has 0 fully saturated rings. The van der Waals surface area contributed by atoms with Crippen molar-refractivity contribution in [3.8, 4) is 11.8 Å². The van der Waals surface area contributed by atoms with E-state index in [1.807, 2.05) is 26.0 Å². The SMILES string of the molecule is CC(=O)c1ccc(C#N)c(NCCOc2cc(C)cc(C)c2)c1. The Morgan fingerprint density at radius 1 is 1.17 bits per heavy atom. The molecule has 4 nitrogen and oxygen atoms in total. The van der Waals surface area contributed by atoms with Gasteiger partial charge in [-0.3, -0.25) is 4.79 Å². The van der Waals surface area contributed by atoms with Crippen molar-refractivity contribution in [1.29, 1.82) is 5.26 Å². The van der Waals surface area contributed by atoms with E-state index in [0.717, 1.165) is 16.9 Å². The molecule has 4 heteroatoms. The third kappa shape index (κ3) is 4.58. The number of carbonyl (C=O) groups is 1. The van der Waals surface area contributed by atoms with Crippen LogP contribution in [0.3, 0.4) is 0 Å². The van der Waals surface area contributed by atoms with Crippen LogP contribution in [0.4, 0.5) is 5.69 Å². The second-order valence-corrected chi connectivity index (χ2v) is 5.53. The van der Waals surface area contributed by atoms with Gasteiger partial charge in [0.15, 0.2) is 5.78 Å². The van der Waals surface area contributed by atoms with Gasteiger partial charge < -0.3 is 10.1 Å². The first-order valence-corrected chi connectivity index (χ1v) is 7.49. The molecule has 23 heavy (non-hydrogen) atoms. The van der Waals surface area contributed by atoms with E-state index in [1.54, 1.807) is 18.2 Å². The number of benzene rings is 2. The summed E-state index contributed by atoms with van der Waals surface area (Å²) in [5, 5.41) is 12.3. The molecule has 1 N–H and O–H groups in total. The van der Waals surface area contributed by atoms with Crippen molar-refractivity contribution >= 4 is 11.5 Å². The molecule has 2 rings (SSSR count). The van der Waals surface area contributed by atoms with Crippen LogP contribution < -0.4 is 10.1 Å². The molecule has 118 valence electrons. The van der Waals surface area contributed by atoms with E-state index in [2.05, 4.69) is 17.5 Å². The van der Waals surface area contributed by atoms with Crippen molar-refractivity contribution in [3.05, 3.63) is 58.7 Å². The molecule has 0 atom stereocenters. The van der Waals surface area contributed by atoms with E-state index in [0.29, 0.717) is 30.0 Å². The summed E-state index contributed by atoms with van der Waals surface area (Å²) < 4.78 is 5.73. The molecule has 0 saturated heterocycles. The molecule has 0 aromatic heterocycles. The van der Waals surface area contributed by atoms with Crippen molar-refractivity contribution in [3.63, 3.8) is 0 Å². The molecule has 2 aromatic carbocycles. The van der Waals surface area contributed by atoms with Crippen LogP contribution in [-0.4, -0.2) is 18.9 Å². The average molecular weight is 308 g/mol. The molecule has 0 spiro atoms. The number of nitrogens with zero attached hydrogens (tertiary/aromatic N) is 1. The summed E-state index contributed by atoms with van der Waals surface area (Å²) in [6, 6.07) is 13.2. The number of carbonyl (C=O) groups excluding carboxylic acids is 1. The van der Waals surface area contributed by atoms with Gasteiger partial charge in [0, 0.05) is 12.1 Å². The fourth-order valence-corrected chi connectivity index (χ4v) is 2.38. The van der Waals surface area contributed by atoms with Gasteiger partial charge >= 0.3 is 0 Å². The highest BCUT2D eigenvalue weighted by atomic mass is 16.5. The first kappa shape index (κ1) is 16.6. The quantitative estimate of drug-likeness (QED) is 0.650. The third-order valence-corrected chi connectivity index (χ3v) is 3.43. The standard InChI is InChI=1S/C19H20N2O2/c1-13-8-14(2)10-18(9-13)23-7-6-21-19-11-16(15(3)22)4-5-17(19)12-20/h4-5,8-11,21H,6-7H2,1-3H3. The number of nitrogens with one attached hydrogen (secondary N) is 1. The van der Waals surface area contributed by atoms with Gasteiger partial charge in [-0.2, -0.15) is 5.26 Å². The molecule has 0 unspecified atom stereocenters. The van der Waals surface area contributed by atoms with Gasteiger partial charge in [0.2, 0.25) is 0 Å². The largest absolute Gasteiger partial charge is 0.492 e. The minimum atomic E-state index is -0.0241. The van der Waals surface area contributed by atoms with Crippen LogP contribution in [0.25, 0.3) is 0 Å². The maximum Gasteiger partial charge on any atom is 0.159 e. The molecule has 0 bridgehead atoms. The molecular weight excluding hydrogens is 288 g/mol. The van der Waals surface area contributed by atoms with Crippen molar-refractivity contribution in [1.82, 2.24) is 0 Å². The monoisotopic (exact) mass is 308 g/mol. The molecule has 0 aliphatic rings. The zero-order chi connectivity index (χ0) is 16.8. The van der Waals surface area contributed by atoms with E-state index in [-0.39, 0.29) is 5.78 Å². The summed E-state index contributed by atoms with van der Waals surface area (Å²) in [4.78, 5) is 11.4. The highest BCUT2D eigenvalue weighted by molar-refractivity contribution is 5.95. The Morgan fingerprint density at radius 2 is 1.87 bits per heavy atom. The lowest BCUT2D eigenvalue weighted by molar-refractivity contribution is 0.101. The van der Waals surface area contributed by atoms with Gasteiger partial charge in [-0.1, -0.05) is 6.07 Å². The fourth-order valence-electron chi connectivity index (χ4n) is 2.38. The number of aryl methyl sites for hydroxylation is 2. The fraction of sp³-hybridized carbons (Fsp3) is 0.263. The maximum atomic E-state index is 11.4. The number of hydrogen-bond donors (Lipinski definition) is 1. The van der Waals surface area contributed by atoms with E-state index in [4.69, 9.17) is 10.00 Å². The van der Waals surface area contributed by atoms with Crippen LogP contribution >= 0.6 is 0 Å². The van der Waals surface area contributed by atoms with Crippen LogP contribution in [0, 0.1) is 25.2 Å². The Hall–Kier alpha value is -2.80. The number of ketones is 1. The summed E-state index contributed by atoms with van der Waals surface area (Å²) in [5.74, 6) is 0.811. The van der Waals surface area contributed by atoms with Crippen LogP contribution in [-0.2, 0) is 0 Å². The summed E-state index contributed by atoms with van der Waals surface area (Å²) >= 11 is 0. The van der Waals surface area contributed by atoms with Gasteiger partial charge in [-0.15, -0.1) is 0 Å². The molecule has 0 aliphatic carbocycles. The van der Waals surface area contributed by atoms with Crippen molar-refractivity contribution in [2.75, 3.05) is 18.5 Å². The second-order valence-electron chi connectivity index (χ2n) is 5.53. The van der Waals surface area contributed by atoms with E-state index in [1.165, 1.54) is 6.92 Å². The zero-order valence-electron chi connectivity index (χ0n) is 13.6. The maximum absolute atomic E-state index is 11.4. The summed E-state index contributed by atoms with van der Waals surface area (Å²) in [5.41, 5.74) is 4.08. The number of anilines is 1. The summed E-state index contributed by atoms with van der Waals surface area (Å²) in [6.07, 6.45) is 0. The van der Waals surface area contributed by atoms with Crippen molar-refractivity contribution in [2.24, 2.45) is 0 Å². The molecule has 0 saturated carbocycles. The number of nitriles is 1. The van der Waals surface area contributed by atoms with E-state index < -0.39 is 0 Å². The van der Waals surface area contributed by atoms with Gasteiger partial charge in [-0.25, -0.2) is 0 Å². The topological polar surface area (TPSA) is 62.1 Å².